The molecule has 1 aromatic carbocycles. The van der Waals surface area contributed by atoms with Crippen LogP contribution in [0.1, 0.15) is 69.4 Å². The first-order valence-corrected chi connectivity index (χ1v) is 8.33. The maximum Gasteiger partial charge on any atom is 0.119 e. The number of pyridine rings is 1. The normalized spacial score (nSPS) is 12.5. The van der Waals surface area contributed by atoms with Crippen LogP contribution in [0.3, 0.4) is 0 Å². The van der Waals surface area contributed by atoms with Crippen LogP contribution in [0.5, 0.6) is 5.75 Å². The van der Waals surface area contributed by atoms with Gasteiger partial charge in [-0.05, 0) is 60.7 Å². The Bertz CT molecular complexity index is 606. The number of hydrogen-bond acceptors (Lipinski definition) is 3. The standard InChI is InChI=1S/C20H28N2O/c1-13(2)19-11-16(12-20(22-19)14(3)4)15(5)21-17-7-9-18(23-6)10-8-17/h7-15,21H,1-6H3/t15-/m0/s1. The monoisotopic (exact) mass is 312 g/mol. The summed E-state index contributed by atoms with van der Waals surface area (Å²) in [6, 6.07) is 12.7. The van der Waals surface area contributed by atoms with E-state index in [0.29, 0.717) is 11.8 Å². The van der Waals surface area contributed by atoms with Crippen molar-refractivity contribution in [2.75, 3.05) is 12.4 Å². The number of nitrogens with one attached hydrogen (secondary N) is 1. The van der Waals surface area contributed by atoms with E-state index >= 15 is 0 Å². The van der Waals surface area contributed by atoms with Gasteiger partial charge in [0.15, 0.2) is 0 Å². The fourth-order valence-corrected chi connectivity index (χ4v) is 2.46. The molecular formula is C20H28N2O. The van der Waals surface area contributed by atoms with Gasteiger partial charge in [-0.3, -0.25) is 4.98 Å². The minimum absolute atomic E-state index is 0.224. The molecule has 0 unspecified atom stereocenters. The number of benzene rings is 1. The maximum absolute atomic E-state index is 5.21. The van der Waals surface area contributed by atoms with Crippen molar-refractivity contribution in [3.63, 3.8) is 0 Å². The quantitative estimate of drug-likeness (QED) is 0.763. The van der Waals surface area contributed by atoms with Crippen LogP contribution in [0.15, 0.2) is 36.4 Å². The first-order chi connectivity index (χ1) is 10.9. The second-order valence-electron chi connectivity index (χ2n) is 6.65. The van der Waals surface area contributed by atoms with E-state index in [1.165, 1.54) is 5.56 Å². The van der Waals surface area contributed by atoms with Gasteiger partial charge >= 0.3 is 0 Å². The van der Waals surface area contributed by atoms with Gasteiger partial charge in [-0.1, -0.05) is 27.7 Å². The van der Waals surface area contributed by atoms with Gasteiger partial charge in [0.05, 0.1) is 7.11 Å². The molecule has 0 aliphatic heterocycles. The third kappa shape index (κ3) is 4.47. The van der Waals surface area contributed by atoms with Crippen molar-refractivity contribution in [2.45, 2.75) is 52.5 Å². The van der Waals surface area contributed by atoms with Gasteiger partial charge < -0.3 is 10.1 Å². The number of anilines is 1. The lowest BCUT2D eigenvalue weighted by atomic mass is 9.99. The molecule has 0 bridgehead atoms. The van der Waals surface area contributed by atoms with E-state index in [-0.39, 0.29) is 6.04 Å². The Balaban J connectivity index is 2.24. The highest BCUT2D eigenvalue weighted by atomic mass is 16.5. The van der Waals surface area contributed by atoms with Crippen LogP contribution >= 0.6 is 0 Å². The molecule has 0 amide bonds. The van der Waals surface area contributed by atoms with Crippen LogP contribution in [-0.2, 0) is 0 Å². The Kier molecular flexibility index (Phi) is 5.64. The molecule has 0 spiro atoms. The van der Waals surface area contributed by atoms with Gasteiger partial charge in [0, 0.05) is 23.1 Å². The second kappa shape index (κ2) is 7.49. The zero-order chi connectivity index (χ0) is 17.0. The molecule has 1 aromatic heterocycles. The summed E-state index contributed by atoms with van der Waals surface area (Å²) < 4.78 is 5.21. The third-order valence-corrected chi connectivity index (χ3v) is 4.04. The first-order valence-electron chi connectivity index (χ1n) is 8.33. The van der Waals surface area contributed by atoms with E-state index in [4.69, 9.17) is 9.72 Å². The molecule has 3 nitrogen and oxygen atoms in total. The molecule has 0 aliphatic carbocycles. The van der Waals surface area contributed by atoms with Gasteiger partial charge in [-0.25, -0.2) is 0 Å². The fourth-order valence-electron chi connectivity index (χ4n) is 2.46. The Morgan fingerprint density at radius 3 is 1.83 bits per heavy atom. The third-order valence-electron chi connectivity index (χ3n) is 4.04. The van der Waals surface area contributed by atoms with Crippen molar-refractivity contribution in [1.82, 2.24) is 4.98 Å². The van der Waals surface area contributed by atoms with E-state index in [9.17, 15) is 0 Å². The summed E-state index contributed by atoms with van der Waals surface area (Å²) >= 11 is 0. The predicted octanol–water partition coefficient (Wildman–Crippen LogP) is 5.51. The predicted molar refractivity (Wildman–Crippen MR) is 97.4 cm³/mol. The molecule has 3 heteroatoms. The minimum Gasteiger partial charge on any atom is -0.497 e. The summed E-state index contributed by atoms with van der Waals surface area (Å²) in [4.78, 5) is 4.80. The van der Waals surface area contributed by atoms with Gasteiger partial charge in [-0.2, -0.15) is 0 Å². The van der Waals surface area contributed by atoms with Crippen molar-refractivity contribution >= 4 is 5.69 Å². The molecule has 0 fully saturated rings. The van der Waals surface area contributed by atoms with Gasteiger partial charge in [0.2, 0.25) is 0 Å². The van der Waals surface area contributed by atoms with Crippen LogP contribution in [0.25, 0.3) is 0 Å². The zero-order valence-electron chi connectivity index (χ0n) is 15.1. The van der Waals surface area contributed by atoms with Crippen molar-refractivity contribution in [2.24, 2.45) is 0 Å². The molecule has 1 atom stereocenters. The van der Waals surface area contributed by atoms with E-state index in [1.807, 2.05) is 24.3 Å². The second-order valence-corrected chi connectivity index (χ2v) is 6.65. The van der Waals surface area contributed by atoms with Crippen LogP contribution in [-0.4, -0.2) is 12.1 Å². The highest BCUT2D eigenvalue weighted by molar-refractivity contribution is 5.48. The summed E-state index contributed by atoms with van der Waals surface area (Å²) in [6.45, 7) is 11.0. The zero-order valence-corrected chi connectivity index (χ0v) is 15.1. The average Bonchev–Trinajstić information content (AvgIpc) is 2.55. The lowest BCUT2D eigenvalue weighted by Crippen LogP contribution is -2.10. The molecule has 0 saturated heterocycles. The molecule has 0 aliphatic rings. The Morgan fingerprint density at radius 2 is 1.39 bits per heavy atom. The number of nitrogens with zero attached hydrogens (tertiary/aromatic N) is 1. The Morgan fingerprint density at radius 1 is 0.870 bits per heavy atom. The molecule has 0 radical (unpaired) electrons. The van der Waals surface area contributed by atoms with Crippen molar-refractivity contribution in [3.05, 3.63) is 53.3 Å². The number of rotatable bonds is 6. The largest absolute Gasteiger partial charge is 0.497 e. The molecule has 2 aromatic rings. The van der Waals surface area contributed by atoms with E-state index in [0.717, 1.165) is 22.8 Å². The highest BCUT2D eigenvalue weighted by Crippen LogP contribution is 2.26. The minimum atomic E-state index is 0.224. The summed E-state index contributed by atoms with van der Waals surface area (Å²) in [5, 5.41) is 3.56. The molecule has 1 N–H and O–H groups in total. The SMILES string of the molecule is COc1ccc(N[C@@H](C)c2cc(C(C)C)nc(C(C)C)c2)cc1. The van der Waals surface area contributed by atoms with E-state index in [2.05, 4.69) is 52.1 Å². The van der Waals surface area contributed by atoms with E-state index < -0.39 is 0 Å². The van der Waals surface area contributed by atoms with Crippen LogP contribution in [0.4, 0.5) is 5.69 Å². The molecule has 2 rings (SSSR count). The molecular weight excluding hydrogens is 284 g/mol. The lowest BCUT2D eigenvalue weighted by molar-refractivity contribution is 0.415. The molecule has 0 saturated carbocycles. The molecule has 23 heavy (non-hydrogen) atoms. The maximum atomic E-state index is 5.21. The Labute approximate surface area is 140 Å². The lowest BCUT2D eigenvalue weighted by Gasteiger charge is -2.19. The molecule has 124 valence electrons. The highest BCUT2D eigenvalue weighted by Gasteiger charge is 2.13. The summed E-state index contributed by atoms with van der Waals surface area (Å²) in [5.41, 5.74) is 4.69. The molecule has 1 heterocycles. The average molecular weight is 312 g/mol. The number of methoxy groups -OCH3 is 1. The smallest absolute Gasteiger partial charge is 0.119 e. The number of hydrogen-bond donors (Lipinski definition) is 1. The fraction of sp³-hybridized carbons (Fsp3) is 0.450. The van der Waals surface area contributed by atoms with Gasteiger partial charge in [-0.15, -0.1) is 0 Å². The van der Waals surface area contributed by atoms with Gasteiger partial charge in [0.1, 0.15) is 5.75 Å². The van der Waals surface area contributed by atoms with Gasteiger partial charge in [0.25, 0.3) is 0 Å². The van der Waals surface area contributed by atoms with Crippen molar-refractivity contribution < 1.29 is 4.74 Å². The Hall–Kier alpha value is -2.03. The number of aromatic nitrogens is 1. The van der Waals surface area contributed by atoms with Crippen molar-refractivity contribution in [1.29, 1.82) is 0 Å². The number of ether oxygens (including phenoxy) is 1. The van der Waals surface area contributed by atoms with Crippen molar-refractivity contribution in [3.8, 4) is 5.75 Å². The summed E-state index contributed by atoms with van der Waals surface area (Å²) in [5.74, 6) is 1.73. The summed E-state index contributed by atoms with van der Waals surface area (Å²) in [6.07, 6.45) is 0. The summed E-state index contributed by atoms with van der Waals surface area (Å²) in [7, 11) is 1.68. The topological polar surface area (TPSA) is 34.1 Å². The van der Waals surface area contributed by atoms with Crippen LogP contribution in [0, 0.1) is 0 Å². The first kappa shape index (κ1) is 17.3. The van der Waals surface area contributed by atoms with E-state index in [1.54, 1.807) is 7.11 Å². The van der Waals surface area contributed by atoms with Crippen LogP contribution < -0.4 is 10.1 Å². The van der Waals surface area contributed by atoms with Crippen LogP contribution in [0.2, 0.25) is 0 Å².